The summed E-state index contributed by atoms with van der Waals surface area (Å²) in [4.78, 5) is 2.37. The highest BCUT2D eigenvalue weighted by Gasteiger charge is 2.34. The van der Waals surface area contributed by atoms with Crippen LogP contribution in [0.3, 0.4) is 0 Å². The second kappa shape index (κ2) is 4.91. The first-order valence-corrected chi connectivity index (χ1v) is 8.21. The van der Waals surface area contributed by atoms with Crippen LogP contribution in [0.5, 0.6) is 0 Å². The molecular weight excluding hydrogens is 278 g/mol. The van der Waals surface area contributed by atoms with Crippen molar-refractivity contribution in [2.45, 2.75) is 29.9 Å². The number of rotatable bonds is 3. The van der Waals surface area contributed by atoms with Crippen molar-refractivity contribution in [2.75, 3.05) is 30.8 Å². The van der Waals surface area contributed by atoms with Gasteiger partial charge in [0.15, 0.2) is 0 Å². The molecule has 1 aromatic rings. The fourth-order valence-corrected chi connectivity index (χ4v) is 3.64. The molecule has 0 amide bonds. The van der Waals surface area contributed by atoms with Crippen molar-refractivity contribution in [3.8, 4) is 0 Å². The van der Waals surface area contributed by atoms with Crippen LogP contribution in [0.15, 0.2) is 23.1 Å². The monoisotopic (exact) mass is 297 g/mol. The highest BCUT2D eigenvalue weighted by Crippen LogP contribution is 2.33. The lowest BCUT2D eigenvalue weighted by molar-refractivity contribution is 0.0305. The van der Waals surface area contributed by atoms with E-state index in [-0.39, 0.29) is 17.1 Å². The maximum Gasteiger partial charge on any atom is 0.240 e. The second-order valence-electron chi connectivity index (χ2n) is 5.29. The molecule has 3 N–H and O–H groups in total. The van der Waals surface area contributed by atoms with Crippen molar-refractivity contribution in [1.82, 2.24) is 4.72 Å². The van der Waals surface area contributed by atoms with Crippen LogP contribution in [0.1, 0.15) is 12.8 Å². The van der Waals surface area contributed by atoms with Gasteiger partial charge in [0.25, 0.3) is 0 Å². The summed E-state index contributed by atoms with van der Waals surface area (Å²) in [6, 6.07) is 4.82. The van der Waals surface area contributed by atoms with E-state index in [4.69, 9.17) is 10.5 Å². The molecule has 2 bridgehead atoms. The number of nitrogen functional groups attached to an aromatic ring is 1. The van der Waals surface area contributed by atoms with Gasteiger partial charge < -0.3 is 15.4 Å². The Morgan fingerprint density at radius 1 is 1.30 bits per heavy atom. The smallest absolute Gasteiger partial charge is 0.240 e. The Hall–Kier alpha value is -1.31. The SMILES string of the molecule is CNS(=O)(=O)c1ccc(N)c(N2CC3CCC(C2)O3)c1. The third kappa shape index (κ3) is 2.36. The molecule has 2 saturated heterocycles. The lowest BCUT2D eigenvalue weighted by Crippen LogP contribution is -2.43. The number of benzene rings is 1. The summed E-state index contributed by atoms with van der Waals surface area (Å²) in [6.07, 6.45) is 2.60. The number of nitrogens with one attached hydrogen (secondary N) is 1. The van der Waals surface area contributed by atoms with Crippen molar-refractivity contribution in [3.05, 3.63) is 18.2 Å². The van der Waals surface area contributed by atoms with Gasteiger partial charge in [0.1, 0.15) is 0 Å². The summed E-state index contributed by atoms with van der Waals surface area (Å²) in [5.74, 6) is 0. The van der Waals surface area contributed by atoms with E-state index >= 15 is 0 Å². The normalized spacial score (nSPS) is 25.9. The van der Waals surface area contributed by atoms with Crippen molar-refractivity contribution < 1.29 is 13.2 Å². The van der Waals surface area contributed by atoms with Gasteiger partial charge in [-0.2, -0.15) is 0 Å². The summed E-state index contributed by atoms with van der Waals surface area (Å²) in [5.41, 5.74) is 7.40. The van der Waals surface area contributed by atoms with Crippen LogP contribution in [0.25, 0.3) is 0 Å². The van der Waals surface area contributed by atoms with Gasteiger partial charge in [-0.25, -0.2) is 13.1 Å². The Labute approximate surface area is 118 Å². The van der Waals surface area contributed by atoms with E-state index in [2.05, 4.69) is 9.62 Å². The number of hydrogen-bond acceptors (Lipinski definition) is 5. The Morgan fingerprint density at radius 3 is 2.55 bits per heavy atom. The molecule has 7 heteroatoms. The van der Waals surface area contributed by atoms with E-state index in [0.717, 1.165) is 31.6 Å². The standard InChI is InChI=1S/C13H19N3O3S/c1-15-20(17,18)11-4-5-12(14)13(6-11)16-7-9-2-3-10(8-16)19-9/h4-6,9-10,15H,2-3,7-8,14H2,1H3. The second-order valence-corrected chi connectivity index (χ2v) is 7.18. The predicted octanol–water partition coefficient (Wildman–Crippen LogP) is 0.544. The van der Waals surface area contributed by atoms with Crippen molar-refractivity contribution in [3.63, 3.8) is 0 Å². The van der Waals surface area contributed by atoms with Crippen molar-refractivity contribution >= 4 is 21.4 Å². The Bertz CT molecular complexity index is 605. The van der Waals surface area contributed by atoms with Crippen LogP contribution < -0.4 is 15.4 Å². The molecule has 1 aromatic carbocycles. The number of fused-ring (bicyclic) bond motifs is 2. The molecule has 110 valence electrons. The molecule has 2 aliphatic rings. The lowest BCUT2D eigenvalue weighted by Gasteiger charge is -2.34. The minimum atomic E-state index is -3.45. The van der Waals surface area contributed by atoms with Crippen molar-refractivity contribution in [2.24, 2.45) is 0 Å². The van der Waals surface area contributed by atoms with Crippen molar-refractivity contribution in [1.29, 1.82) is 0 Å². The van der Waals surface area contributed by atoms with Crippen LogP contribution in [0.2, 0.25) is 0 Å². The fourth-order valence-electron chi connectivity index (χ4n) is 2.89. The summed E-state index contributed by atoms with van der Waals surface area (Å²) in [6.45, 7) is 1.54. The molecule has 0 saturated carbocycles. The first kappa shape index (κ1) is 13.7. The molecule has 2 atom stereocenters. The van der Waals surface area contributed by atoms with Gasteiger partial charge in [-0.1, -0.05) is 0 Å². The molecule has 3 rings (SSSR count). The minimum Gasteiger partial charge on any atom is -0.397 e. The van der Waals surface area contributed by atoms with Gasteiger partial charge in [-0.15, -0.1) is 0 Å². The summed E-state index contributed by atoms with van der Waals surface area (Å²) >= 11 is 0. The van der Waals surface area contributed by atoms with E-state index in [1.54, 1.807) is 12.1 Å². The maximum absolute atomic E-state index is 11.9. The van der Waals surface area contributed by atoms with E-state index in [9.17, 15) is 8.42 Å². The molecule has 2 fully saturated rings. The molecule has 2 unspecified atom stereocenters. The number of sulfonamides is 1. The zero-order chi connectivity index (χ0) is 14.3. The molecule has 2 heterocycles. The topological polar surface area (TPSA) is 84.7 Å². The fraction of sp³-hybridized carbons (Fsp3) is 0.538. The van der Waals surface area contributed by atoms with Gasteiger partial charge in [0.05, 0.1) is 28.5 Å². The van der Waals surface area contributed by atoms with Crippen LogP contribution in [0.4, 0.5) is 11.4 Å². The number of ether oxygens (including phenoxy) is 1. The molecular formula is C13H19N3O3S. The average Bonchev–Trinajstić information content (AvgIpc) is 2.77. The lowest BCUT2D eigenvalue weighted by atomic mass is 10.2. The molecule has 6 nitrogen and oxygen atoms in total. The quantitative estimate of drug-likeness (QED) is 0.796. The van der Waals surface area contributed by atoms with Gasteiger partial charge in [0, 0.05) is 13.1 Å². The summed E-state index contributed by atoms with van der Waals surface area (Å²) in [7, 11) is -2.05. The zero-order valence-electron chi connectivity index (χ0n) is 11.4. The maximum atomic E-state index is 11.9. The Balaban J connectivity index is 1.95. The first-order valence-electron chi connectivity index (χ1n) is 6.73. The third-order valence-electron chi connectivity index (χ3n) is 3.97. The van der Waals surface area contributed by atoms with E-state index in [1.165, 1.54) is 13.1 Å². The number of hydrogen-bond donors (Lipinski definition) is 2. The van der Waals surface area contributed by atoms with Gasteiger partial charge in [-0.3, -0.25) is 0 Å². The van der Waals surface area contributed by atoms with Gasteiger partial charge in [-0.05, 0) is 38.1 Å². The van der Waals surface area contributed by atoms with E-state index in [1.807, 2.05) is 0 Å². The molecule has 0 spiro atoms. The van der Waals surface area contributed by atoms with Crippen LogP contribution >= 0.6 is 0 Å². The largest absolute Gasteiger partial charge is 0.397 e. The Kier molecular flexibility index (Phi) is 3.35. The first-order chi connectivity index (χ1) is 9.49. The summed E-state index contributed by atoms with van der Waals surface area (Å²) < 4.78 is 31.9. The van der Waals surface area contributed by atoms with Crippen LogP contribution in [0, 0.1) is 0 Å². The molecule has 20 heavy (non-hydrogen) atoms. The molecule has 0 radical (unpaired) electrons. The van der Waals surface area contributed by atoms with Crippen LogP contribution in [-0.4, -0.2) is 40.8 Å². The molecule has 0 aromatic heterocycles. The number of anilines is 2. The number of nitrogens with zero attached hydrogens (tertiary/aromatic N) is 1. The molecule has 2 aliphatic heterocycles. The number of nitrogens with two attached hydrogens (primary N) is 1. The zero-order valence-corrected chi connectivity index (χ0v) is 12.2. The van der Waals surface area contributed by atoms with Gasteiger partial charge in [0.2, 0.25) is 10.0 Å². The highest BCUT2D eigenvalue weighted by atomic mass is 32.2. The minimum absolute atomic E-state index is 0.234. The van der Waals surface area contributed by atoms with Crippen LogP contribution in [-0.2, 0) is 14.8 Å². The highest BCUT2D eigenvalue weighted by molar-refractivity contribution is 7.89. The third-order valence-corrected chi connectivity index (χ3v) is 5.38. The van der Waals surface area contributed by atoms with E-state index < -0.39 is 10.0 Å². The summed E-state index contributed by atoms with van der Waals surface area (Å²) in [5, 5.41) is 0. The average molecular weight is 297 g/mol. The molecule has 0 aliphatic carbocycles. The van der Waals surface area contributed by atoms with Gasteiger partial charge >= 0.3 is 0 Å². The predicted molar refractivity (Wildman–Crippen MR) is 77.2 cm³/mol. The number of morpholine rings is 1. The van der Waals surface area contributed by atoms with E-state index in [0.29, 0.717) is 5.69 Å². The Morgan fingerprint density at radius 2 is 1.95 bits per heavy atom.